The van der Waals surface area contributed by atoms with Crippen molar-refractivity contribution in [2.24, 2.45) is 0 Å². The van der Waals surface area contributed by atoms with Crippen LogP contribution in [0.15, 0.2) is 48.9 Å². The van der Waals surface area contributed by atoms with Crippen LogP contribution in [-0.4, -0.2) is 76.6 Å². The van der Waals surface area contributed by atoms with Crippen LogP contribution in [0.5, 0.6) is 5.75 Å². The molecule has 11 heteroatoms. The number of ether oxygens (including phenoxy) is 1. The van der Waals surface area contributed by atoms with Crippen molar-refractivity contribution in [3.63, 3.8) is 0 Å². The third-order valence-corrected chi connectivity index (χ3v) is 7.76. The van der Waals surface area contributed by atoms with Crippen molar-refractivity contribution < 1.29 is 14.6 Å². The lowest BCUT2D eigenvalue weighted by Crippen LogP contribution is -2.47. The number of methoxy groups -OCH3 is 1. The van der Waals surface area contributed by atoms with E-state index < -0.39 is 0 Å². The van der Waals surface area contributed by atoms with Gasteiger partial charge in [0, 0.05) is 88.0 Å². The number of hydrogen-bond acceptors (Lipinski definition) is 9. The van der Waals surface area contributed by atoms with Gasteiger partial charge in [-0.3, -0.25) is 4.79 Å². The number of imidazole rings is 1. The summed E-state index contributed by atoms with van der Waals surface area (Å²) in [6.45, 7) is 4.56. The van der Waals surface area contributed by atoms with E-state index >= 15 is 0 Å². The molecule has 0 unspecified atom stereocenters. The van der Waals surface area contributed by atoms with Crippen LogP contribution in [0.2, 0.25) is 5.02 Å². The average molecular weight is 548 g/mol. The van der Waals surface area contributed by atoms with E-state index in [1.54, 1.807) is 19.2 Å². The van der Waals surface area contributed by atoms with Gasteiger partial charge >= 0.3 is 0 Å². The first-order chi connectivity index (χ1) is 19.0. The SMILES string of the molecule is COc1cc(CO)c(-c2cn3ccc(N4CCN(c5nccc(N6CCC(=O)CC6)n5)CC4)cc3n2)cc1Cl. The number of piperazine rings is 1. The lowest BCUT2D eigenvalue weighted by molar-refractivity contribution is -0.119. The number of ketones is 1. The molecule has 2 aliphatic heterocycles. The molecule has 0 atom stereocenters. The summed E-state index contributed by atoms with van der Waals surface area (Å²) in [4.78, 5) is 32.5. The Bertz CT molecular complexity index is 1510. The Balaban J connectivity index is 1.16. The number of aliphatic hydroxyl groups excluding tert-OH is 1. The molecule has 4 aromatic rings. The maximum Gasteiger partial charge on any atom is 0.227 e. The Morgan fingerprint density at radius 3 is 2.49 bits per heavy atom. The minimum Gasteiger partial charge on any atom is -0.495 e. The standard InChI is InChI=1S/C28H30ClN7O3/c1-39-25-14-19(18-37)22(16-23(25)29)24-17-36-7-3-20(15-27(36)31-24)33-10-12-35(13-11-33)28-30-6-2-26(32-28)34-8-4-21(38)5-9-34/h2-3,6-7,14-17,37H,4-5,8-13,18H2,1H3. The van der Waals surface area contributed by atoms with E-state index in [0.717, 1.165) is 60.5 Å². The average Bonchev–Trinajstić information content (AvgIpc) is 3.41. The molecule has 0 aliphatic carbocycles. The number of nitrogens with zero attached hydrogens (tertiary/aromatic N) is 7. The van der Waals surface area contributed by atoms with Crippen LogP contribution < -0.4 is 19.4 Å². The number of fused-ring (bicyclic) bond motifs is 1. The number of rotatable bonds is 6. The van der Waals surface area contributed by atoms with Gasteiger partial charge < -0.3 is 28.9 Å². The van der Waals surface area contributed by atoms with Crippen molar-refractivity contribution in [2.45, 2.75) is 19.4 Å². The van der Waals surface area contributed by atoms with E-state index in [-0.39, 0.29) is 6.61 Å². The summed E-state index contributed by atoms with van der Waals surface area (Å²) in [5.74, 6) is 2.46. The molecule has 0 spiro atoms. The lowest BCUT2D eigenvalue weighted by Gasteiger charge is -2.36. The van der Waals surface area contributed by atoms with Crippen molar-refractivity contribution in [1.29, 1.82) is 0 Å². The Hall–Kier alpha value is -3.89. The van der Waals surface area contributed by atoms with Crippen LogP contribution in [0.3, 0.4) is 0 Å². The zero-order valence-electron chi connectivity index (χ0n) is 21.8. The summed E-state index contributed by atoms with van der Waals surface area (Å²) in [7, 11) is 1.55. The predicted molar refractivity (Wildman–Crippen MR) is 151 cm³/mol. The summed E-state index contributed by atoms with van der Waals surface area (Å²) < 4.78 is 7.27. The highest BCUT2D eigenvalue weighted by Gasteiger charge is 2.22. The molecule has 1 N–H and O–H groups in total. The fourth-order valence-electron chi connectivity index (χ4n) is 5.24. The molecule has 0 bridgehead atoms. The number of carbonyl (C=O) groups is 1. The van der Waals surface area contributed by atoms with Gasteiger partial charge in [-0.2, -0.15) is 4.98 Å². The number of halogens is 1. The molecule has 0 saturated carbocycles. The van der Waals surface area contributed by atoms with Gasteiger partial charge in [0.05, 0.1) is 24.4 Å². The topological polar surface area (TPSA) is 99.3 Å². The zero-order chi connectivity index (χ0) is 26.9. The maximum atomic E-state index is 11.6. The molecular weight excluding hydrogens is 518 g/mol. The quantitative estimate of drug-likeness (QED) is 0.389. The number of carbonyl (C=O) groups excluding carboxylic acids is 1. The van der Waals surface area contributed by atoms with Crippen LogP contribution in [0.4, 0.5) is 17.5 Å². The van der Waals surface area contributed by atoms with Gasteiger partial charge in [0.1, 0.15) is 23.0 Å². The van der Waals surface area contributed by atoms with Gasteiger partial charge in [0.15, 0.2) is 0 Å². The number of Topliss-reactive ketones (excluding diaryl/α,β-unsaturated/α-hetero) is 1. The monoisotopic (exact) mass is 547 g/mol. The first-order valence-electron chi connectivity index (χ1n) is 13.1. The van der Waals surface area contributed by atoms with Crippen LogP contribution in [0, 0.1) is 0 Å². The number of piperidine rings is 1. The van der Waals surface area contributed by atoms with Gasteiger partial charge in [-0.15, -0.1) is 0 Å². The van der Waals surface area contributed by atoms with Gasteiger partial charge in [-0.25, -0.2) is 9.97 Å². The van der Waals surface area contributed by atoms with E-state index in [9.17, 15) is 9.90 Å². The number of pyridine rings is 1. The third kappa shape index (κ3) is 5.09. The number of aromatic nitrogens is 4. The van der Waals surface area contributed by atoms with Crippen molar-refractivity contribution in [2.75, 3.05) is 61.1 Å². The predicted octanol–water partition coefficient (Wildman–Crippen LogP) is 3.44. The summed E-state index contributed by atoms with van der Waals surface area (Å²) in [6, 6.07) is 9.64. The second-order valence-corrected chi connectivity index (χ2v) is 10.2. The minimum absolute atomic E-state index is 0.142. The number of anilines is 3. The molecule has 3 aromatic heterocycles. The first-order valence-corrected chi connectivity index (χ1v) is 13.5. The Morgan fingerprint density at radius 2 is 1.74 bits per heavy atom. The summed E-state index contributed by atoms with van der Waals surface area (Å²) in [5, 5.41) is 10.4. The summed E-state index contributed by atoms with van der Waals surface area (Å²) in [6.07, 6.45) is 6.92. The molecule has 2 fully saturated rings. The van der Waals surface area contributed by atoms with Crippen LogP contribution >= 0.6 is 11.6 Å². The Kier molecular flexibility index (Phi) is 6.97. The van der Waals surface area contributed by atoms with Crippen molar-refractivity contribution in [1.82, 2.24) is 19.4 Å². The molecule has 39 heavy (non-hydrogen) atoms. The second kappa shape index (κ2) is 10.7. The Labute approximate surface area is 231 Å². The molecular formula is C28H30ClN7O3. The maximum absolute atomic E-state index is 11.6. The van der Waals surface area contributed by atoms with Crippen molar-refractivity contribution in [3.05, 3.63) is 59.5 Å². The lowest BCUT2D eigenvalue weighted by atomic mass is 10.1. The van der Waals surface area contributed by atoms with Crippen LogP contribution in [0.1, 0.15) is 18.4 Å². The minimum atomic E-state index is -0.142. The van der Waals surface area contributed by atoms with E-state index in [2.05, 4.69) is 31.8 Å². The van der Waals surface area contributed by atoms with Gasteiger partial charge in [-0.05, 0) is 29.8 Å². The third-order valence-electron chi connectivity index (χ3n) is 7.47. The molecule has 6 rings (SSSR count). The Morgan fingerprint density at radius 1 is 0.974 bits per heavy atom. The van der Waals surface area contributed by atoms with Gasteiger partial charge in [0.2, 0.25) is 5.95 Å². The number of aliphatic hydroxyl groups is 1. The zero-order valence-corrected chi connectivity index (χ0v) is 22.5. The summed E-state index contributed by atoms with van der Waals surface area (Å²) >= 11 is 6.37. The molecule has 202 valence electrons. The van der Waals surface area contributed by atoms with Crippen LogP contribution in [-0.2, 0) is 11.4 Å². The molecule has 5 heterocycles. The van der Waals surface area contributed by atoms with Crippen LogP contribution in [0.25, 0.3) is 16.9 Å². The van der Waals surface area contributed by atoms with E-state index in [4.69, 9.17) is 26.3 Å². The first kappa shape index (κ1) is 25.4. The van der Waals surface area contributed by atoms with E-state index in [1.807, 2.05) is 29.1 Å². The molecule has 1 aromatic carbocycles. The van der Waals surface area contributed by atoms with Crippen molar-refractivity contribution >= 4 is 40.5 Å². The van der Waals surface area contributed by atoms with E-state index in [0.29, 0.717) is 48.0 Å². The fraction of sp³-hybridized carbons (Fsp3) is 0.357. The van der Waals surface area contributed by atoms with Gasteiger partial charge in [0.25, 0.3) is 0 Å². The fourth-order valence-corrected chi connectivity index (χ4v) is 5.48. The van der Waals surface area contributed by atoms with E-state index in [1.165, 1.54) is 0 Å². The number of hydrogen-bond donors (Lipinski definition) is 1. The molecule has 2 aliphatic rings. The highest BCUT2D eigenvalue weighted by Crippen LogP contribution is 2.34. The molecule has 10 nitrogen and oxygen atoms in total. The van der Waals surface area contributed by atoms with Gasteiger partial charge in [-0.1, -0.05) is 11.6 Å². The smallest absolute Gasteiger partial charge is 0.227 e. The van der Waals surface area contributed by atoms with Crippen molar-refractivity contribution in [3.8, 4) is 17.0 Å². The summed E-state index contributed by atoms with van der Waals surface area (Å²) in [5.41, 5.74) is 4.14. The second-order valence-electron chi connectivity index (χ2n) is 9.79. The largest absolute Gasteiger partial charge is 0.495 e. The molecule has 0 amide bonds. The molecule has 2 saturated heterocycles. The highest BCUT2D eigenvalue weighted by atomic mass is 35.5. The number of benzene rings is 1. The molecule has 0 radical (unpaired) electrons. The normalized spacial score (nSPS) is 16.3. The highest BCUT2D eigenvalue weighted by molar-refractivity contribution is 6.32.